The van der Waals surface area contributed by atoms with Gasteiger partial charge in [0.15, 0.2) is 0 Å². The fraction of sp³-hybridized carbons (Fsp3) is 0.565. The van der Waals surface area contributed by atoms with Gasteiger partial charge in [0, 0.05) is 18.1 Å². The smallest absolute Gasteiger partial charge is 0.127 e. The molecular weight excluding hydrogens is 341 g/mol. The summed E-state index contributed by atoms with van der Waals surface area (Å²) in [7, 11) is 0. The highest BCUT2D eigenvalue weighted by Crippen LogP contribution is 2.35. The van der Waals surface area contributed by atoms with E-state index in [9.17, 15) is 9.50 Å². The van der Waals surface area contributed by atoms with E-state index in [4.69, 9.17) is 10.5 Å². The lowest BCUT2D eigenvalue weighted by atomic mass is 9.87. The van der Waals surface area contributed by atoms with Gasteiger partial charge in [-0.25, -0.2) is 4.39 Å². The van der Waals surface area contributed by atoms with Gasteiger partial charge in [-0.15, -0.1) is 0 Å². The lowest BCUT2D eigenvalue weighted by molar-refractivity contribution is 0.286. The van der Waals surface area contributed by atoms with E-state index in [0.717, 1.165) is 54.6 Å². The molecule has 0 saturated carbocycles. The summed E-state index contributed by atoms with van der Waals surface area (Å²) in [6.07, 6.45) is 9.72. The van der Waals surface area contributed by atoms with Crippen molar-refractivity contribution in [3.05, 3.63) is 41.5 Å². The first-order chi connectivity index (χ1) is 12.9. The van der Waals surface area contributed by atoms with Crippen molar-refractivity contribution in [3.63, 3.8) is 0 Å². The first-order valence-corrected chi connectivity index (χ1v) is 10.1. The summed E-state index contributed by atoms with van der Waals surface area (Å²) in [5, 5.41) is 10.4. The number of aromatic hydroxyl groups is 1. The third kappa shape index (κ3) is 6.39. The van der Waals surface area contributed by atoms with Crippen LogP contribution in [0.4, 0.5) is 4.39 Å². The van der Waals surface area contributed by atoms with Crippen LogP contribution in [0.15, 0.2) is 30.4 Å². The van der Waals surface area contributed by atoms with Crippen molar-refractivity contribution in [2.45, 2.75) is 65.5 Å². The summed E-state index contributed by atoms with van der Waals surface area (Å²) in [5.41, 5.74) is 8.64. The van der Waals surface area contributed by atoms with E-state index in [1.54, 1.807) is 12.1 Å². The maximum atomic E-state index is 13.3. The molecule has 0 amide bonds. The molecule has 0 heterocycles. The van der Waals surface area contributed by atoms with E-state index < -0.39 is 6.17 Å². The second-order valence-electron chi connectivity index (χ2n) is 8.13. The number of allylic oxidation sites excluding steroid dienone is 4. The third-order valence-electron chi connectivity index (χ3n) is 5.23. The Morgan fingerprint density at radius 1 is 1.26 bits per heavy atom. The minimum absolute atomic E-state index is 0.181. The molecule has 1 atom stereocenters. The number of unbranched alkanes of at least 4 members (excludes halogenated alkanes) is 2. The van der Waals surface area contributed by atoms with Crippen molar-refractivity contribution >= 4 is 5.57 Å². The Bertz CT molecular complexity index is 679. The monoisotopic (exact) mass is 375 g/mol. The van der Waals surface area contributed by atoms with Gasteiger partial charge < -0.3 is 15.6 Å². The van der Waals surface area contributed by atoms with E-state index >= 15 is 0 Å². The van der Waals surface area contributed by atoms with E-state index in [2.05, 4.69) is 20.8 Å². The molecule has 27 heavy (non-hydrogen) atoms. The summed E-state index contributed by atoms with van der Waals surface area (Å²) < 4.78 is 19.2. The molecule has 1 unspecified atom stereocenters. The van der Waals surface area contributed by atoms with E-state index in [1.807, 2.05) is 12.1 Å². The quantitative estimate of drug-likeness (QED) is 0.526. The number of benzene rings is 1. The molecule has 3 N–H and O–H groups in total. The number of rotatable bonds is 10. The Labute approximate surface area is 163 Å². The van der Waals surface area contributed by atoms with Gasteiger partial charge in [0.05, 0.1) is 6.61 Å². The van der Waals surface area contributed by atoms with Crippen molar-refractivity contribution in [2.75, 3.05) is 13.2 Å². The second-order valence-corrected chi connectivity index (χ2v) is 8.13. The number of hydrogen-bond acceptors (Lipinski definition) is 3. The molecule has 0 fully saturated rings. The molecule has 0 bridgehead atoms. The van der Waals surface area contributed by atoms with Crippen LogP contribution in [0.1, 0.15) is 64.0 Å². The highest BCUT2D eigenvalue weighted by atomic mass is 19.1. The topological polar surface area (TPSA) is 55.5 Å². The number of phenolic OH excluding ortho intramolecular Hbond substituents is 1. The van der Waals surface area contributed by atoms with Gasteiger partial charge in [0.25, 0.3) is 0 Å². The van der Waals surface area contributed by atoms with E-state index in [-0.39, 0.29) is 11.2 Å². The van der Waals surface area contributed by atoms with Crippen LogP contribution < -0.4 is 10.5 Å². The Morgan fingerprint density at radius 2 is 2.04 bits per heavy atom. The Kier molecular flexibility index (Phi) is 7.91. The minimum atomic E-state index is -0.931. The molecule has 1 aromatic rings. The molecule has 3 nitrogen and oxygen atoms in total. The molecule has 0 spiro atoms. The van der Waals surface area contributed by atoms with Crippen LogP contribution >= 0.6 is 0 Å². The summed E-state index contributed by atoms with van der Waals surface area (Å²) in [4.78, 5) is 0. The fourth-order valence-corrected chi connectivity index (χ4v) is 3.22. The summed E-state index contributed by atoms with van der Waals surface area (Å²) in [6, 6.07) is 3.66. The van der Waals surface area contributed by atoms with Crippen molar-refractivity contribution in [3.8, 4) is 11.5 Å². The number of alkyl halides is 1. The van der Waals surface area contributed by atoms with E-state index in [0.29, 0.717) is 19.6 Å². The number of aryl methyl sites for hydroxylation is 1. The predicted molar refractivity (Wildman–Crippen MR) is 111 cm³/mol. The Morgan fingerprint density at radius 3 is 2.67 bits per heavy atom. The number of phenols is 1. The molecule has 1 aromatic carbocycles. The number of ether oxygens (including phenoxy) is 1. The highest BCUT2D eigenvalue weighted by Gasteiger charge is 2.16. The van der Waals surface area contributed by atoms with Gasteiger partial charge in [-0.05, 0) is 54.5 Å². The van der Waals surface area contributed by atoms with Gasteiger partial charge >= 0.3 is 0 Å². The largest absolute Gasteiger partial charge is 0.507 e. The normalized spacial score (nSPS) is 17.1. The van der Waals surface area contributed by atoms with Crippen LogP contribution in [0.3, 0.4) is 0 Å². The Balaban J connectivity index is 1.92. The molecule has 1 aliphatic carbocycles. The number of hydrogen-bond donors (Lipinski definition) is 2. The first kappa shape index (κ1) is 21.5. The first-order valence-electron chi connectivity index (χ1n) is 10.1. The fourth-order valence-electron chi connectivity index (χ4n) is 3.22. The zero-order valence-electron chi connectivity index (χ0n) is 16.9. The van der Waals surface area contributed by atoms with Gasteiger partial charge in [0.2, 0.25) is 0 Å². The third-order valence-corrected chi connectivity index (χ3v) is 5.23. The number of nitrogens with two attached hydrogens (primary N) is 1. The average molecular weight is 376 g/mol. The maximum absolute atomic E-state index is 13.3. The molecule has 0 aliphatic heterocycles. The number of halogens is 1. The van der Waals surface area contributed by atoms with Gasteiger partial charge in [-0.1, -0.05) is 45.8 Å². The summed E-state index contributed by atoms with van der Waals surface area (Å²) in [6.45, 7) is 7.83. The van der Waals surface area contributed by atoms with Crippen LogP contribution in [-0.2, 0) is 6.42 Å². The van der Waals surface area contributed by atoms with Gasteiger partial charge in [-0.2, -0.15) is 0 Å². The van der Waals surface area contributed by atoms with E-state index in [1.165, 1.54) is 6.08 Å². The molecule has 4 heteroatoms. The Hall–Kier alpha value is -1.81. The molecule has 150 valence electrons. The molecule has 0 aromatic heterocycles. The molecule has 0 saturated heterocycles. The SMILES string of the molecule is CCc1cc(C2=CCC(F)C=C2)c(O)cc1OCCCCCC(C)(C)CN. The van der Waals surface area contributed by atoms with Crippen LogP contribution in [0.25, 0.3) is 5.57 Å². The standard InChI is InChI=1S/C23H34FNO2/c1-4-17-14-20(18-8-10-19(24)11-9-18)21(26)15-22(17)27-13-7-5-6-12-23(2,3)16-25/h8-10,14-15,19,26H,4-7,11-13,16,25H2,1-3H3. The van der Waals surface area contributed by atoms with Gasteiger partial charge in [0.1, 0.15) is 17.7 Å². The van der Waals surface area contributed by atoms with Crippen LogP contribution in [0, 0.1) is 5.41 Å². The minimum Gasteiger partial charge on any atom is -0.507 e. The van der Waals surface area contributed by atoms with Crippen molar-refractivity contribution < 1.29 is 14.2 Å². The zero-order valence-corrected chi connectivity index (χ0v) is 16.9. The highest BCUT2D eigenvalue weighted by molar-refractivity contribution is 5.79. The van der Waals surface area contributed by atoms with Crippen molar-refractivity contribution in [1.29, 1.82) is 0 Å². The van der Waals surface area contributed by atoms with Crippen LogP contribution in [0.5, 0.6) is 11.5 Å². The lowest BCUT2D eigenvalue weighted by Crippen LogP contribution is -2.23. The zero-order chi connectivity index (χ0) is 19.9. The summed E-state index contributed by atoms with van der Waals surface area (Å²) in [5.74, 6) is 0.921. The lowest BCUT2D eigenvalue weighted by Gasteiger charge is -2.21. The average Bonchev–Trinajstić information content (AvgIpc) is 2.65. The van der Waals surface area contributed by atoms with Gasteiger partial charge in [-0.3, -0.25) is 0 Å². The predicted octanol–water partition coefficient (Wildman–Crippen LogP) is 5.56. The summed E-state index contributed by atoms with van der Waals surface area (Å²) >= 11 is 0. The van der Waals surface area contributed by atoms with Crippen LogP contribution in [-0.4, -0.2) is 24.4 Å². The molecular formula is C23H34FNO2. The maximum Gasteiger partial charge on any atom is 0.127 e. The van der Waals surface area contributed by atoms with Crippen molar-refractivity contribution in [2.24, 2.45) is 11.1 Å². The van der Waals surface area contributed by atoms with Crippen LogP contribution in [0.2, 0.25) is 0 Å². The molecule has 1 aliphatic rings. The van der Waals surface area contributed by atoms with Crippen molar-refractivity contribution in [1.82, 2.24) is 0 Å². The molecule has 0 radical (unpaired) electrons. The molecule has 2 rings (SSSR count). The second kappa shape index (κ2) is 9.93.